The zero-order valence-electron chi connectivity index (χ0n) is 18.7. The third kappa shape index (κ3) is 5.24. The van der Waals surface area contributed by atoms with Crippen molar-refractivity contribution in [3.63, 3.8) is 0 Å². The third-order valence-electron chi connectivity index (χ3n) is 5.88. The van der Waals surface area contributed by atoms with Crippen LogP contribution in [0.4, 0.5) is 10.2 Å². The fourth-order valence-corrected chi connectivity index (χ4v) is 4.11. The molecule has 0 spiro atoms. The second-order valence-electron chi connectivity index (χ2n) is 8.06. The minimum atomic E-state index is -0.495. The fraction of sp³-hybridized carbons (Fsp3) is 0.308. The normalized spacial score (nSPS) is 14.0. The molecule has 2 aromatic carbocycles. The number of nitrogens with zero attached hydrogens (tertiary/aromatic N) is 3. The van der Waals surface area contributed by atoms with Crippen LogP contribution in [0.1, 0.15) is 24.8 Å². The van der Waals surface area contributed by atoms with E-state index in [0.717, 1.165) is 30.9 Å². The van der Waals surface area contributed by atoms with Crippen LogP contribution in [0.25, 0.3) is 22.4 Å². The van der Waals surface area contributed by atoms with E-state index in [1.54, 1.807) is 12.1 Å². The van der Waals surface area contributed by atoms with Gasteiger partial charge in [-0.15, -0.1) is 0 Å². The maximum atomic E-state index is 14.3. The third-order valence-corrected chi connectivity index (χ3v) is 5.88. The zero-order chi connectivity index (χ0) is 23.2. The molecule has 4 rings (SSSR count). The number of likely N-dealkylation sites (tertiary alicyclic amines) is 1. The summed E-state index contributed by atoms with van der Waals surface area (Å²) in [7, 11) is 1.41. The number of halogens is 1. The lowest BCUT2D eigenvalue weighted by atomic mass is 9.98. The van der Waals surface area contributed by atoms with Crippen LogP contribution < -0.4 is 15.2 Å². The molecular formula is C26H27FN4O2. The lowest BCUT2D eigenvalue weighted by Gasteiger charge is -2.26. The molecule has 0 radical (unpaired) electrons. The number of hydrogen-bond donors (Lipinski definition) is 1. The second-order valence-corrected chi connectivity index (χ2v) is 8.06. The van der Waals surface area contributed by atoms with Crippen LogP contribution in [0.5, 0.6) is 11.5 Å². The van der Waals surface area contributed by atoms with E-state index in [1.807, 2.05) is 24.3 Å². The van der Waals surface area contributed by atoms with Gasteiger partial charge >= 0.3 is 0 Å². The van der Waals surface area contributed by atoms with Crippen molar-refractivity contribution in [2.45, 2.75) is 19.3 Å². The first kappa shape index (κ1) is 22.6. The first-order valence-corrected chi connectivity index (χ1v) is 11.1. The number of piperidine rings is 1. The van der Waals surface area contributed by atoms with Crippen molar-refractivity contribution < 1.29 is 13.9 Å². The Balaban J connectivity index is 1.60. The summed E-state index contributed by atoms with van der Waals surface area (Å²) in [6.07, 6.45) is 3.80. The minimum Gasteiger partial charge on any atom is -0.494 e. The minimum absolute atomic E-state index is 0.0950. The smallest absolute Gasteiger partial charge is 0.165 e. The molecule has 0 saturated carbocycles. The van der Waals surface area contributed by atoms with Gasteiger partial charge in [0.05, 0.1) is 12.8 Å². The average molecular weight is 447 g/mol. The van der Waals surface area contributed by atoms with Gasteiger partial charge in [0.1, 0.15) is 29.8 Å². The summed E-state index contributed by atoms with van der Waals surface area (Å²) in [6, 6.07) is 16.1. The van der Waals surface area contributed by atoms with Crippen LogP contribution in [-0.4, -0.2) is 43.2 Å². The predicted molar refractivity (Wildman–Crippen MR) is 127 cm³/mol. The van der Waals surface area contributed by atoms with Crippen molar-refractivity contribution in [1.82, 2.24) is 9.88 Å². The van der Waals surface area contributed by atoms with Crippen LogP contribution in [-0.2, 0) is 0 Å². The largest absolute Gasteiger partial charge is 0.494 e. The number of nitrogens with two attached hydrogens (primary N) is 1. The molecule has 6 nitrogen and oxygen atoms in total. The van der Waals surface area contributed by atoms with Crippen molar-refractivity contribution in [2.24, 2.45) is 0 Å². The van der Waals surface area contributed by atoms with E-state index in [9.17, 15) is 9.65 Å². The molecule has 0 bridgehead atoms. The van der Waals surface area contributed by atoms with E-state index in [2.05, 4.69) is 16.0 Å². The molecule has 2 heterocycles. The summed E-state index contributed by atoms with van der Waals surface area (Å²) < 4.78 is 25.2. The topological polar surface area (TPSA) is 84.4 Å². The second kappa shape index (κ2) is 10.3. The van der Waals surface area contributed by atoms with Crippen LogP contribution in [0.3, 0.4) is 0 Å². The quantitative estimate of drug-likeness (QED) is 0.557. The first-order valence-electron chi connectivity index (χ1n) is 11.1. The van der Waals surface area contributed by atoms with Crippen molar-refractivity contribution >= 4 is 5.82 Å². The van der Waals surface area contributed by atoms with Gasteiger partial charge < -0.3 is 15.2 Å². The van der Waals surface area contributed by atoms with Gasteiger partial charge in [0.25, 0.3) is 0 Å². The molecule has 33 heavy (non-hydrogen) atoms. The van der Waals surface area contributed by atoms with Crippen LogP contribution in [0, 0.1) is 17.1 Å². The maximum Gasteiger partial charge on any atom is 0.165 e. The predicted octanol–water partition coefficient (Wildman–Crippen LogP) is 4.88. The van der Waals surface area contributed by atoms with Gasteiger partial charge in [-0.05, 0) is 67.9 Å². The van der Waals surface area contributed by atoms with Gasteiger partial charge in [0, 0.05) is 17.7 Å². The van der Waals surface area contributed by atoms with E-state index < -0.39 is 5.82 Å². The van der Waals surface area contributed by atoms with E-state index in [1.165, 1.54) is 38.5 Å². The number of benzene rings is 2. The molecule has 1 saturated heterocycles. The van der Waals surface area contributed by atoms with Gasteiger partial charge in [-0.2, -0.15) is 5.26 Å². The molecule has 170 valence electrons. The molecule has 0 amide bonds. The molecule has 3 aromatic rings. The molecule has 1 fully saturated rings. The van der Waals surface area contributed by atoms with Crippen LogP contribution >= 0.6 is 0 Å². The Bertz CT molecular complexity index is 1170. The van der Waals surface area contributed by atoms with E-state index in [-0.39, 0.29) is 17.1 Å². The van der Waals surface area contributed by atoms with Crippen molar-refractivity contribution in [1.29, 1.82) is 5.26 Å². The summed E-state index contributed by atoms with van der Waals surface area (Å²) in [5.74, 6) is 0.471. The number of ether oxygens (including phenoxy) is 2. The van der Waals surface area contributed by atoms with Gasteiger partial charge in [-0.1, -0.05) is 18.6 Å². The summed E-state index contributed by atoms with van der Waals surface area (Å²) >= 11 is 0. The van der Waals surface area contributed by atoms with Crippen molar-refractivity contribution in [3.8, 4) is 40.0 Å². The number of aromatic nitrogens is 1. The van der Waals surface area contributed by atoms with Gasteiger partial charge in [0.15, 0.2) is 11.6 Å². The lowest BCUT2D eigenvalue weighted by Crippen LogP contribution is -2.33. The summed E-state index contributed by atoms with van der Waals surface area (Å²) in [5.41, 5.74) is 8.81. The molecule has 1 aliphatic rings. The highest BCUT2D eigenvalue weighted by molar-refractivity contribution is 5.80. The number of methoxy groups -OCH3 is 1. The molecule has 1 aromatic heterocycles. The highest BCUT2D eigenvalue weighted by Crippen LogP contribution is 2.34. The van der Waals surface area contributed by atoms with Crippen molar-refractivity contribution in [3.05, 3.63) is 59.9 Å². The standard InChI is InChI=1S/C26H27FN4O2/c1-32-25-9-8-19(15-23(25)27)24-16-21(22(17-28)26(29)30-24)18-6-5-7-20(14-18)33-13-12-31-10-3-2-4-11-31/h5-9,14-16H,2-4,10-13H2,1H3,(H2,29,30). The molecule has 0 atom stereocenters. The monoisotopic (exact) mass is 446 g/mol. The average Bonchev–Trinajstić information content (AvgIpc) is 2.84. The Labute approximate surface area is 193 Å². The van der Waals surface area contributed by atoms with Crippen molar-refractivity contribution in [2.75, 3.05) is 39.1 Å². The molecule has 0 unspecified atom stereocenters. The molecule has 7 heteroatoms. The SMILES string of the molecule is COc1ccc(-c2cc(-c3cccc(OCCN4CCCCC4)c3)c(C#N)c(N)n2)cc1F. The Kier molecular flexibility index (Phi) is 7.06. The molecule has 2 N–H and O–H groups in total. The van der Waals surface area contributed by atoms with Gasteiger partial charge in [0.2, 0.25) is 0 Å². The Morgan fingerprint density at radius 2 is 1.91 bits per heavy atom. The number of pyridine rings is 1. The van der Waals surface area contributed by atoms with Crippen LogP contribution in [0.2, 0.25) is 0 Å². The fourth-order valence-electron chi connectivity index (χ4n) is 4.11. The maximum absolute atomic E-state index is 14.3. The number of anilines is 1. The summed E-state index contributed by atoms with van der Waals surface area (Å²) in [4.78, 5) is 6.75. The lowest BCUT2D eigenvalue weighted by molar-refractivity contribution is 0.183. The number of hydrogen-bond acceptors (Lipinski definition) is 6. The number of nitriles is 1. The number of rotatable bonds is 7. The van der Waals surface area contributed by atoms with Gasteiger partial charge in [-0.25, -0.2) is 9.37 Å². The van der Waals surface area contributed by atoms with E-state index in [4.69, 9.17) is 15.2 Å². The molecule has 1 aliphatic heterocycles. The highest BCUT2D eigenvalue weighted by Gasteiger charge is 2.16. The highest BCUT2D eigenvalue weighted by atomic mass is 19.1. The summed E-state index contributed by atoms with van der Waals surface area (Å²) in [6.45, 7) is 3.74. The summed E-state index contributed by atoms with van der Waals surface area (Å²) in [5, 5.41) is 9.71. The van der Waals surface area contributed by atoms with Crippen LogP contribution in [0.15, 0.2) is 48.5 Å². The molecular weight excluding hydrogens is 419 g/mol. The Hall–Kier alpha value is -3.63. The Morgan fingerprint density at radius 3 is 2.64 bits per heavy atom. The molecule has 0 aliphatic carbocycles. The van der Waals surface area contributed by atoms with E-state index in [0.29, 0.717) is 23.4 Å². The Morgan fingerprint density at radius 1 is 1.09 bits per heavy atom. The van der Waals surface area contributed by atoms with Gasteiger partial charge in [-0.3, -0.25) is 4.90 Å². The zero-order valence-corrected chi connectivity index (χ0v) is 18.7. The number of nitrogen functional groups attached to an aromatic ring is 1. The van der Waals surface area contributed by atoms with E-state index >= 15 is 0 Å². The first-order chi connectivity index (χ1) is 16.1.